The molecule has 9 nitrogen and oxygen atoms in total. The van der Waals surface area contributed by atoms with Crippen LogP contribution in [0.1, 0.15) is 26.9 Å². The van der Waals surface area contributed by atoms with Crippen molar-refractivity contribution in [3.63, 3.8) is 0 Å². The zero-order valence-electron chi connectivity index (χ0n) is 17.1. The summed E-state index contributed by atoms with van der Waals surface area (Å²) < 4.78 is 32.5. The van der Waals surface area contributed by atoms with Gasteiger partial charge in [-0.05, 0) is 24.3 Å². The molecule has 10 heteroatoms. The normalized spacial score (nSPS) is 22.0. The van der Waals surface area contributed by atoms with Gasteiger partial charge in [-0.3, -0.25) is 14.3 Å². The number of aromatic nitrogens is 2. The first-order chi connectivity index (χ1) is 15.9. The lowest BCUT2D eigenvalue weighted by Crippen LogP contribution is -2.38. The van der Waals surface area contributed by atoms with Crippen molar-refractivity contribution in [2.75, 3.05) is 6.61 Å². The lowest BCUT2D eigenvalue weighted by atomic mass is 10.1. The maximum atomic E-state index is 15.4. The summed E-state index contributed by atoms with van der Waals surface area (Å²) in [7, 11) is 0. The molecule has 3 aromatic rings. The molecule has 2 aromatic carbocycles. The number of nitrogens with one attached hydrogen (secondary N) is 1. The van der Waals surface area contributed by atoms with Crippen molar-refractivity contribution in [2.24, 2.45) is 0 Å². The van der Waals surface area contributed by atoms with E-state index in [4.69, 9.17) is 14.2 Å². The Morgan fingerprint density at radius 1 is 0.939 bits per heavy atom. The Hall–Kier alpha value is -4.05. The first-order valence-corrected chi connectivity index (χ1v) is 10.0. The molecule has 4 atom stereocenters. The Balaban J connectivity index is 1.56. The van der Waals surface area contributed by atoms with Gasteiger partial charge in [-0.2, -0.15) is 0 Å². The number of hydrogen-bond acceptors (Lipinski definition) is 7. The molecule has 170 valence electrons. The third-order valence-electron chi connectivity index (χ3n) is 5.03. The predicted octanol–water partition coefficient (Wildman–Crippen LogP) is 1.85. The van der Waals surface area contributed by atoms with E-state index in [0.29, 0.717) is 0 Å². The van der Waals surface area contributed by atoms with Crippen LogP contribution in [0.2, 0.25) is 0 Å². The van der Waals surface area contributed by atoms with Gasteiger partial charge in [0.2, 0.25) is 0 Å². The highest BCUT2D eigenvalue weighted by molar-refractivity contribution is 5.90. The smallest absolute Gasteiger partial charge is 0.338 e. The number of rotatable bonds is 6. The van der Waals surface area contributed by atoms with Crippen LogP contribution in [0.3, 0.4) is 0 Å². The van der Waals surface area contributed by atoms with Gasteiger partial charge < -0.3 is 14.2 Å². The molecule has 1 aliphatic heterocycles. The van der Waals surface area contributed by atoms with Crippen LogP contribution in [-0.2, 0) is 14.2 Å². The van der Waals surface area contributed by atoms with Gasteiger partial charge in [0.15, 0.2) is 18.5 Å². The molecule has 0 spiro atoms. The Bertz CT molecular complexity index is 1240. The molecule has 0 radical (unpaired) electrons. The zero-order valence-corrected chi connectivity index (χ0v) is 17.1. The highest BCUT2D eigenvalue weighted by Gasteiger charge is 2.49. The van der Waals surface area contributed by atoms with Crippen molar-refractivity contribution in [1.82, 2.24) is 9.55 Å². The molecule has 33 heavy (non-hydrogen) atoms. The number of esters is 2. The van der Waals surface area contributed by atoms with Crippen molar-refractivity contribution in [1.29, 1.82) is 0 Å². The number of H-pyrrole nitrogens is 1. The molecule has 4 rings (SSSR count). The summed E-state index contributed by atoms with van der Waals surface area (Å²) in [4.78, 5) is 50.4. The van der Waals surface area contributed by atoms with Gasteiger partial charge in [-0.25, -0.2) is 18.8 Å². The Labute approximate surface area is 186 Å². The van der Waals surface area contributed by atoms with Gasteiger partial charge in [0.05, 0.1) is 11.1 Å². The number of benzene rings is 2. The van der Waals surface area contributed by atoms with E-state index < -0.39 is 54.4 Å². The second kappa shape index (κ2) is 9.61. The fourth-order valence-electron chi connectivity index (χ4n) is 3.40. The third-order valence-corrected chi connectivity index (χ3v) is 5.03. The number of aromatic amines is 1. The van der Waals surface area contributed by atoms with Crippen LogP contribution >= 0.6 is 0 Å². The summed E-state index contributed by atoms with van der Waals surface area (Å²) in [6, 6.07) is 17.1. The minimum absolute atomic E-state index is 0.189. The lowest BCUT2D eigenvalue weighted by Gasteiger charge is -2.19. The summed E-state index contributed by atoms with van der Waals surface area (Å²) in [5.74, 6) is -1.48. The van der Waals surface area contributed by atoms with Crippen LogP contribution in [-0.4, -0.2) is 46.5 Å². The van der Waals surface area contributed by atoms with Gasteiger partial charge in [-0.15, -0.1) is 0 Å². The fraction of sp³-hybridized carbons (Fsp3) is 0.217. The Morgan fingerprint density at radius 3 is 2.15 bits per heavy atom. The van der Waals surface area contributed by atoms with Gasteiger partial charge in [0.25, 0.3) is 5.56 Å². The van der Waals surface area contributed by atoms with E-state index in [9.17, 15) is 19.2 Å². The Morgan fingerprint density at radius 2 is 1.55 bits per heavy atom. The number of halogens is 1. The number of ether oxygens (including phenoxy) is 3. The van der Waals surface area contributed by atoms with Crippen molar-refractivity contribution >= 4 is 11.9 Å². The molecule has 0 amide bonds. The number of carbonyl (C=O) groups is 2. The highest BCUT2D eigenvalue weighted by atomic mass is 19.1. The second-order valence-corrected chi connectivity index (χ2v) is 7.23. The topological polar surface area (TPSA) is 117 Å². The molecule has 0 bridgehead atoms. The number of alkyl halides is 1. The maximum Gasteiger partial charge on any atom is 0.338 e. The van der Waals surface area contributed by atoms with Crippen molar-refractivity contribution in [3.8, 4) is 0 Å². The highest BCUT2D eigenvalue weighted by Crippen LogP contribution is 2.33. The summed E-state index contributed by atoms with van der Waals surface area (Å²) in [5.41, 5.74) is -1.09. The van der Waals surface area contributed by atoms with Crippen molar-refractivity contribution < 1.29 is 28.2 Å². The molecule has 0 aliphatic carbocycles. The van der Waals surface area contributed by atoms with Gasteiger partial charge in [0, 0.05) is 12.3 Å². The average molecular weight is 454 g/mol. The van der Waals surface area contributed by atoms with E-state index in [2.05, 4.69) is 0 Å². The predicted molar refractivity (Wildman–Crippen MR) is 112 cm³/mol. The SMILES string of the molecule is O=C(OC[C@H]1O[C@H](n2ccc(=O)[nH]c2=O)[C@@H](F)[C@@H]1OC(=O)c1ccccc1)c1ccccc1. The van der Waals surface area contributed by atoms with Crippen molar-refractivity contribution in [3.05, 3.63) is 105 Å². The minimum Gasteiger partial charge on any atom is -0.459 e. The molecule has 1 fully saturated rings. The standard InChI is InChI=1S/C23H19FN2O7/c24-18-19(33-22(29)15-9-5-2-6-10-15)16(13-31-21(28)14-7-3-1-4-8-14)32-20(18)26-12-11-17(27)25-23(26)30/h1-12,16,18-20H,13H2,(H,25,27,30)/t16-,18+,19-,20+/m1/s1. The van der Waals surface area contributed by atoms with Crippen LogP contribution in [0, 0.1) is 0 Å². The lowest BCUT2D eigenvalue weighted by molar-refractivity contribution is -0.0592. The molecule has 1 N–H and O–H groups in total. The number of hydrogen-bond donors (Lipinski definition) is 1. The molecule has 0 unspecified atom stereocenters. The monoisotopic (exact) mass is 454 g/mol. The van der Waals surface area contributed by atoms with E-state index in [1.54, 1.807) is 48.5 Å². The van der Waals surface area contributed by atoms with Crippen molar-refractivity contribution in [2.45, 2.75) is 24.6 Å². The maximum absolute atomic E-state index is 15.4. The molecule has 2 heterocycles. The molecule has 1 aromatic heterocycles. The van der Waals surface area contributed by atoms with Crippen LogP contribution in [0.25, 0.3) is 0 Å². The molecule has 1 aliphatic rings. The van der Waals surface area contributed by atoms with Gasteiger partial charge in [0.1, 0.15) is 12.7 Å². The third kappa shape index (κ3) is 4.90. The van der Waals surface area contributed by atoms with Gasteiger partial charge >= 0.3 is 17.6 Å². The molecular formula is C23H19FN2O7. The average Bonchev–Trinajstić information content (AvgIpc) is 3.13. The Kier molecular flexibility index (Phi) is 6.45. The number of carbonyl (C=O) groups excluding carboxylic acids is 2. The first kappa shape index (κ1) is 22.2. The van der Waals surface area contributed by atoms with Gasteiger partial charge in [-0.1, -0.05) is 36.4 Å². The minimum atomic E-state index is -1.98. The van der Waals surface area contributed by atoms with Crippen LogP contribution in [0.4, 0.5) is 4.39 Å². The fourth-order valence-corrected chi connectivity index (χ4v) is 3.40. The molecule has 1 saturated heterocycles. The summed E-state index contributed by atoms with van der Waals surface area (Å²) >= 11 is 0. The molecule has 0 saturated carbocycles. The van der Waals surface area contributed by atoms with E-state index >= 15 is 4.39 Å². The van der Waals surface area contributed by atoms with Crippen LogP contribution < -0.4 is 11.2 Å². The van der Waals surface area contributed by atoms with E-state index in [-0.39, 0.29) is 11.1 Å². The van der Waals surface area contributed by atoms with E-state index in [1.807, 2.05) is 4.98 Å². The van der Waals surface area contributed by atoms with Crippen LogP contribution in [0.5, 0.6) is 0 Å². The second-order valence-electron chi connectivity index (χ2n) is 7.23. The van der Waals surface area contributed by atoms with Crippen LogP contribution in [0.15, 0.2) is 82.5 Å². The van der Waals surface area contributed by atoms with E-state index in [1.165, 1.54) is 12.1 Å². The summed E-state index contributed by atoms with van der Waals surface area (Å²) in [6.45, 7) is -0.435. The van der Waals surface area contributed by atoms with E-state index in [0.717, 1.165) is 16.8 Å². The zero-order chi connectivity index (χ0) is 23.4. The first-order valence-electron chi connectivity index (χ1n) is 10.0. The summed E-state index contributed by atoms with van der Waals surface area (Å²) in [6.07, 6.45) is -5.10. The number of nitrogens with zero attached hydrogens (tertiary/aromatic N) is 1. The summed E-state index contributed by atoms with van der Waals surface area (Å²) in [5, 5.41) is 0. The largest absolute Gasteiger partial charge is 0.459 e. The molecular weight excluding hydrogens is 435 g/mol. The quantitative estimate of drug-likeness (QED) is 0.565.